The summed E-state index contributed by atoms with van der Waals surface area (Å²) < 4.78 is 198. The van der Waals surface area contributed by atoms with E-state index >= 15 is 13.2 Å². The van der Waals surface area contributed by atoms with Crippen LogP contribution in [-0.4, -0.2) is 114 Å². The average Bonchev–Trinajstić information content (AvgIpc) is 1.70. The van der Waals surface area contributed by atoms with Crippen LogP contribution in [0.25, 0.3) is 0 Å². The highest BCUT2D eigenvalue weighted by atomic mass is 127. The summed E-state index contributed by atoms with van der Waals surface area (Å²) in [6.07, 6.45) is -1.36. The van der Waals surface area contributed by atoms with Gasteiger partial charge in [0.2, 0.25) is 35.4 Å². The van der Waals surface area contributed by atoms with Gasteiger partial charge in [-0.25, -0.2) is 42.5 Å². The molecule has 0 bridgehead atoms. The number of aliphatic hydroxyl groups is 1. The van der Waals surface area contributed by atoms with E-state index in [0.29, 0.717) is 79.2 Å². The zero-order chi connectivity index (χ0) is 88.0. The third-order valence-electron chi connectivity index (χ3n) is 21.1. The Balaban J connectivity index is 0.000000223. The van der Waals surface area contributed by atoms with Crippen LogP contribution in [0, 0.1) is 66.8 Å². The van der Waals surface area contributed by atoms with E-state index in [0.717, 1.165) is 125 Å². The van der Waals surface area contributed by atoms with Gasteiger partial charge in [0.25, 0.3) is 0 Å². The number of hydrogen-bond donors (Lipinski definition) is 2. The minimum Gasteiger partial charge on any atom is -0.478 e. The van der Waals surface area contributed by atoms with E-state index in [1.165, 1.54) is 27.1 Å². The Kier molecular flexibility index (Phi) is 32.8. The van der Waals surface area contributed by atoms with Crippen LogP contribution in [0.4, 0.5) is 69.7 Å². The van der Waals surface area contributed by atoms with Gasteiger partial charge in [0, 0.05) is 114 Å². The number of aryl methyl sites for hydroxylation is 5. The van der Waals surface area contributed by atoms with Crippen LogP contribution in [0.2, 0.25) is 0 Å². The van der Waals surface area contributed by atoms with Crippen LogP contribution in [0.3, 0.4) is 0 Å². The van der Waals surface area contributed by atoms with Crippen molar-refractivity contribution in [1.29, 1.82) is 0 Å². The Morgan fingerprint density at radius 1 is 0.471 bits per heavy atom. The lowest BCUT2D eigenvalue weighted by Gasteiger charge is -2.34. The number of rotatable bonds is 25. The van der Waals surface area contributed by atoms with Crippen LogP contribution < -0.4 is 28.9 Å². The molecular formula is C85H99F12IN8O13. The number of esters is 2. The molecule has 3 saturated carbocycles. The number of benzene rings is 3. The lowest BCUT2D eigenvalue weighted by molar-refractivity contribution is -0.139. The van der Waals surface area contributed by atoms with Crippen molar-refractivity contribution in [2.24, 2.45) is 35.5 Å². The molecule has 0 aliphatic heterocycles. The van der Waals surface area contributed by atoms with Crippen LogP contribution in [0.15, 0.2) is 79.3 Å². The number of amides is 3. The number of anilines is 3. The summed E-state index contributed by atoms with van der Waals surface area (Å²) in [5.41, 5.74) is -2.45. The van der Waals surface area contributed by atoms with Gasteiger partial charge in [0.1, 0.15) is 16.7 Å². The summed E-state index contributed by atoms with van der Waals surface area (Å²) in [7, 11) is 2.22. The molecule has 3 aliphatic carbocycles. The van der Waals surface area contributed by atoms with Crippen molar-refractivity contribution in [3.63, 3.8) is 0 Å². The number of pyridine rings is 3. The molecule has 21 nitrogen and oxygen atoms in total. The number of carboxylic acids is 1. The molecule has 0 saturated heterocycles. The number of alkyl halides is 10. The smallest absolute Gasteiger partial charge is 0.421 e. The van der Waals surface area contributed by atoms with Crippen molar-refractivity contribution in [3.8, 4) is 34.9 Å². The first-order valence-electron chi connectivity index (χ1n) is 39.2. The molecule has 3 fully saturated rings. The molecule has 10 rings (SSSR count). The molecule has 4 heterocycles. The number of carbonyl (C=O) groups is 6. The topological polar surface area (TPSA) is 255 Å². The molecule has 0 spiro atoms. The second kappa shape index (κ2) is 41.1. The van der Waals surface area contributed by atoms with Crippen molar-refractivity contribution in [2.75, 3.05) is 40.0 Å². The number of halogens is 13. The largest absolute Gasteiger partial charge is 0.478 e. The predicted molar refractivity (Wildman–Crippen MR) is 427 cm³/mol. The second-order valence-electron chi connectivity index (χ2n) is 31.2. The zero-order valence-electron chi connectivity index (χ0n) is 68.3. The highest BCUT2D eigenvalue weighted by Gasteiger charge is 2.42. The van der Waals surface area contributed by atoms with E-state index < -0.39 is 129 Å². The Morgan fingerprint density at radius 2 is 0.773 bits per heavy atom. The summed E-state index contributed by atoms with van der Waals surface area (Å²) >= 11 is 2.04. The number of carbonyl (C=O) groups excluding carboxylic acids is 5. The standard InChI is InChI=1S/C31H36F4N4O4.C27H31F4IN2O4.C27H32F4N2O5/c1-17(2)39(29(40)22-8-6-18(3)7-9-22)26-15-25(32)27(14-23(26)30(41)42)43-28-24(31(33,34)35)13-21(16-36-28)10-11-38-20(5)12-19(4)37-38;1-15(2)34(25(35)18-7-5-16(3)6-8-18)22-13-21(28)23(12-19(22)26(36)37-4)38-24-20(27(29,30)31)11-17(9-10-32)14-33-24;1-15(2)33(25(35)18-7-5-16(3)6-8-18)22-13-21(28)23(12-19(22)26(36)37-4)38-24-20(27(29,30)31)11-17(9-10-34)14-32-24/h12-18,22H,6-11H2,1-5H3,(H,41,42);11-16,18H,5-10H2,1-4H3;11-16,18,34H,5-10H2,1-4H3. The number of ether oxygens (including phenoxy) is 5. The summed E-state index contributed by atoms with van der Waals surface area (Å²) in [5, 5.41) is 23.3. The Morgan fingerprint density at radius 3 is 1.04 bits per heavy atom. The number of aliphatic hydroxyl groups excluding tert-OH is 1. The Hall–Kier alpha value is -9.61. The molecule has 0 radical (unpaired) electrons. The number of aromatic carboxylic acids is 1. The van der Waals surface area contributed by atoms with Crippen LogP contribution in [0.1, 0.15) is 215 Å². The third kappa shape index (κ3) is 24.4. The van der Waals surface area contributed by atoms with Gasteiger partial charge >= 0.3 is 36.4 Å². The first-order chi connectivity index (χ1) is 55.9. The van der Waals surface area contributed by atoms with E-state index in [-0.39, 0.29) is 94.2 Å². The fourth-order valence-corrected chi connectivity index (χ4v) is 15.3. The summed E-state index contributed by atoms with van der Waals surface area (Å²) in [6.45, 7) is 20.2. The van der Waals surface area contributed by atoms with Gasteiger partial charge in [-0.2, -0.15) is 44.6 Å². The molecule has 34 heteroatoms. The minimum atomic E-state index is -4.89. The predicted octanol–water partition coefficient (Wildman–Crippen LogP) is 20.6. The average molecular weight is 1800 g/mol. The fraction of sp³-hybridized carbons (Fsp3) is 0.506. The SMILES string of the molecule is COC(=O)c1cc(Oc2ncc(CCI)cc2C(F)(F)F)c(F)cc1N(C(=O)C1CCC(C)CC1)C(C)C.COC(=O)c1cc(Oc2ncc(CCO)cc2C(F)(F)F)c(F)cc1N(C(=O)C1CCC(C)CC1)C(C)C.Cc1cc(C)n(CCc2cnc(Oc3cc(C(=O)O)c(N(C(=O)C4CCC(C)CC4)C(C)C)cc3F)c(C(F)(F)F)c2)n1. The molecule has 3 aliphatic rings. The number of aromatic nitrogens is 5. The van der Waals surface area contributed by atoms with Gasteiger partial charge < -0.3 is 48.6 Å². The molecule has 119 heavy (non-hydrogen) atoms. The number of nitrogens with zero attached hydrogens (tertiary/aromatic N) is 8. The van der Waals surface area contributed by atoms with Crippen molar-refractivity contribution in [3.05, 3.63) is 158 Å². The fourth-order valence-electron chi connectivity index (χ4n) is 14.7. The normalized spacial score (nSPS) is 17.6. The second-order valence-corrected chi connectivity index (χ2v) is 32.2. The minimum absolute atomic E-state index is 0.0262. The molecule has 4 aromatic heterocycles. The van der Waals surface area contributed by atoms with E-state index in [4.69, 9.17) is 28.8 Å². The molecule has 3 aromatic carbocycles. The number of hydrogen-bond acceptors (Lipinski definition) is 16. The monoisotopic (exact) mass is 1790 g/mol. The summed E-state index contributed by atoms with van der Waals surface area (Å²) in [5.74, 6) is -11.5. The van der Waals surface area contributed by atoms with Crippen LogP contribution >= 0.6 is 22.6 Å². The third-order valence-corrected chi connectivity index (χ3v) is 21.6. The number of carboxylic acid groups (broad SMARTS) is 1. The van der Waals surface area contributed by atoms with Crippen molar-refractivity contribution in [1.82, 2.24) is 24.7 Å². The van der Waals surface area contributed by atoms with E-state index in [1.54, 1.807) is 46.2 Å². The lowest BCUT2D eigenvalue weighted by atomic mass is 9.82. The molecule has 0 atom stereocenters. The van der Waals surface area contributed by atoms with Gasteiger partial charge in [0.05, 0.1) is 53.7 Å². The van der Waals surface area contributed by atoms with E-state index in [9.17, 15) is 73.4 Å². The van der Waals surface area contributed by atoms with Crippen LogP contribution in [-0.2, 0) is 68.2 Å². The molecule has 7 aromatic rings. The van der Waals surface area contributed by atoms with E-state index in [1.807, 2.05) is 42.5 Å². The van der Waals surface area contributed by atoms with Gasteiger partial charge in [-0.3, -0.25) is 19.1 Å². The zero-order valence-corrected chi connectivity index (χ0v) is 70.5. The number of methoxy groups -OCH3 is 2. The maximum Gasteiger partial charge on any atom is 0.421 e. The van der Waals surface area contributed by atoms with Crippen molar-refractivity contribution in [2.45, 2.75) is 216 Å². The first kappa shape index (κ1) is 94.9. The van der Waals surface area contributed by atoms with Crippen LogP contribution in [0.5, 0.6) is 34.9 Å². The van der Waals surface area contributed by atoms with Gasteiger partial charge in [-0.15, -0.1) is 0 Å². The highest BCUT2D eigenvalue weighted by Crippen LogP contribution is 2.46. The molecular weight excluding hydrogens is 1700 g/mol. The quantitative estimate of drug-likeness (QED) is 0.0233. The Labute approximate surface area is 696 Å². The first-order valence-corrected chi connectivity index (χ1v) is 40.7. The van der Waals surface area contributed by atoms with E-state index in [2.05, 4.69) is 40.8 Å². The summed E-state index contributed by atoms with van der Waals surface area (Å²) in [4.78, 5) is 93.5. The molecule has 648 valence electrons. The summed E-state index contributed by atoms with van der Waals surface area (Å²) in [6, 6.07) is 8.38. The molecule has 2 N–H and O–H groups in total. The van der Waals surface area contributed by atoms with Crippen molar-refractivity contribution >= 4 is 75.3 Å². The lowest BCUT2D eigenvalue weighted by Crippen LogP contribution is -2.43. The molecule has 3 amide bonds. The van der Waals surface area contributed by atoms with Gasteiger partial charge in [-0.05, 0) is 210 Å². The van der Waals surface area contributed by atoms with Crippen molar-refractivity contribution < 1.29 is 115 Å². The van der Waals surface area contributed by atoms with Gasteiger partial charge in [-0.1, -0.05) is 43.4 Å². The molecule has 0 unspecified atom stereocenters. The highest BCUT2D eigenvalue weighted by molar-refractivity contribution is 14.1. The maximum absolute atomic E-state index is 15.4. The Bertz CT molecular complexity index is 4560. The van der Waals surface area contributed by atoms with Gasteiger partial charge in [0.15, 0.2) is 34.7 Å². The maximum atomic E-state index is 15.4.